The minimum atomic E-state index is -4.19. The molecule has 3 aliphatic rings. The number of nitro groups is 1. The summed E-state index contributed by atoms with van der Waals surface area (Å²) >= 11 is 0. The topological polar surface area (TPSA) is 123 Å². The van der Waals surface area contributed by atoms with Gasteiger partial charge in [0, 0.05) is 12.1 Å². The molecule has 33 heavy (non-hydrogen) atoms. The van der Waals surface area contributed by atoms with Crippen LogP contribution in [0, 0.1) is 27.4 Å². The fourth-order valence-corrected chi connectivity index (χ4v) is 5.84. The van der Waals surface area contributed by atoms with E-state index in [0.717, 1.165) is 24.5 Å². The Morgan fingerprint density at radius 1 is 1.21 bits per heavy atom. The number of rotatable bonds is 8. The third-order valence-corrected chi connectivity index (χ3v) is 8.13. The monoisotopic (exact) mass is 470 g/mol. The zero-order valence-electron chi connectivity index (χ0n) is 18.6. The van der Waals surface area contributed by atoms with Crippen LogP contribution in [0.2, 0.25) is 0 Å². The number of nitrogens with one attached hydrogen (secondary N) is 2. The molecule has 2 unspecified atom stereocenters. The zero-order valence-corrected chi connectivity index (χ0v) is 19.4. The van der Waals surface area contributed by atoms with Gasteiger partial charge in [-0.05, 0) is 53.9 Å². The molecule has 2 aromatic carbocycles. The van der Waals surface area contributed by atoms with Gasteiger partial charge >= 0.3 is 0 Å². The Hall–Kier alpha value is -3.40. The SMILES string of the molecule is COc1ccccc1NS(=O)(=O)c1cc([N+](=O)[O-])ccc1N/N=C/C1=CCC2CC1C2(C)C. The molecule has 0 aromatic heterocycles. The molecule has 0 aliphatic heterocycles. The predicted molar refractivity (Wildman–Crippen MR) is 127 cm³/mol. The van der Waals surface area contributed by atoms with E-state index in [0.29, 0.717) is 17.6 Å². The Labute approximate surface area is 192 Å². The van der Waals surface area contributed by atoms with Crippen molar-refractivity contribution >= 4 is 33.3 Å². The maximum absolute atomic E-state index is 13.2. The number of nitro benzene ring substituents is 1. The van der Waals surface area contributed by atoms with Crippen molar-refractivity contribution in [3.05, 3.63) is 64.2 Å². The summed E-state index contributed by atoms with van der Waals surface area (Å²) in [6, 6.07) is 10.1. The molecule has 2 bridgehead atoms. The van der Waals surface area contributed by atoms with Crippen molar-refractivity contribution in [2.24, 2.45) is 22.4 Å². The standard InChI is InChI=1S/C23H26N4O5S/c1-23(2)16-9-8-15(18(23)12-16)14-24-25-20-11-10-17(27(28)29)13-22(20)33(30,31)26-19-6-4-5-7-21(19)32-3/h4-8,10-11,13-14,16,18,25-26H,9,12H2,1-3H3/b24-14+. The Morgan fingerprint density at radius 2 is 1.97 bits per heavy atom. The van der Waals surface area contributed by atoms with Crippen molar-refractivity contribution in [1.82, 2.24) is 0 Å². The molecule has 0 spiro atoms. The van der Waals surface area contributed by atoms with Crippen molar-refractivity contribution in [2.45, 2.75) is 31.6 Å². The largest absolute Gasteiger partial charge is 0.495 e. The molecule has 0 amide bonds. The maximum Gasteiger partial charge on any atom is 0.270 e. The van der Waals surface area contributed by atoms with Crippen LogP contribution in [0.3, 0.4) is 0 Å². The molecular formula is C23H26N4O5S. The normalized spacial score (nSPS) is 21.1. The number of hydrogen-bond acceptors (Lipinski definition) is 7. The Morgan fingerprint density at radius 3 is 2.64 bits per heavy atom. The lowest BCUT2D eigenvalue weighted by molar-refractivity contribution is -0.385. The lowest BCUT2D eigenvalue weighted by atomic mass is 9.49. The first-order valence-electron chi connectivity index (χ1n) is 10.6. The van der Waals surface area contributed by atoms with Crippen molar-refractivity contribution in [3.63, 3.8) is 0 Å². The Bertz CT molecular complexity index is 1250. The molecule has 0 radical (unpaired) electrons. The van der Waals surface area contributed by atoms with Crippen LogP contribution in [0.25, 0.3) is 0 Å². The number of allylic oxidation sites excluding steroid dienone is 2. The summed E-state index contributed by atoms with van der Waals surface area (Å²) in [6.45, 7) is 4.51. The number of anilines is 2. The second-order valence-electron chi connectivity index (χ2n) is 8.86. The number of sulfonamides is 1. The van der Waals surface area contributed by atoms with Gasteiger partial charge in [-0.1, -0.05) is 32.1 Å². The first-order chi connectivity index (χ1) is 15.6. The summed E-state index contributed by atoms with van der Waals surface area (Å²) in [6.07, 6.45) is 6.02. The van der Waals surface area contributed by atoms with Crippen LogP contribution in [0.1, 0.15) is 26.7 Å². The average molecular weight is 471 g/mol. The Balaban J connectivity index is 1.62. The minimum absolute atomic E-state index is 0.126. The molecule has 2 atom stereocenters. The van der Waals surface area contributed by atoms with Crippen LogP contribution >= 0.6 is 0 Å². The fraction of sp³-hybridized carbons (Fsp3) is 0.348. The van der Waals surface area contributed by atoms with Crippen LogP contribution in [0.5, 0.6) is 5.75 Å². The first-order valence-corrected chi connectivity index (χ1v) is 12.0. The zero-order chi connectivity index (χ0) is 23.8. The van der Waals surface area contributed by atoms with Gasteiger partial charge in [0.2, 0.25) is 0 Å². The highest BCUT2D eigenvalue weighted by atomic mass is 32.2. The van der Waals surface area contributed by atoms with E-state index in [1.807, 2.05) is 0 Å². The smallest absolute Gasteiger partial charge is 0.270 e. The van der Waals surface area contributed by atoms with Gasteiger partial charge in [-0.2, -0.15) is 5.10 Å². The molecule has 2 N–H and O–H groups in total. The molecule has 9 nitrogen and oxygen atoms in total. The number of ether oxygens (including phenoxy) is 1. The molecule has 2 aromatic rings. The number of non-ortho nitro benzene ring substituents is 1. The molecule has 3 aliphatic carbocycles. The number of nitrogens with zero attached hydrogens (tertiary/aromatic N) is 2. The van der Waals surface area contributed by atoms with E-state index in [1.54, 1.807) is 30.5 Å². The summed E-state index contributed by atoms with van der Waals surface area (Å²) < 4.78 is 34.0. The van der Waals surface area contributed by atoms with Crippen LogP contribution in [0.4, 0.5) is 17.1 Å². The number of para-hydroxylation sites is 2. The second-order valence-corrected chi connectivity index (χ2v) is 10.5. The number of methoxy groups -OCH3 is 1. The average Bonchev–Trinajstić information content (AvgIpc) is 2.79. The van der Waals surface area contributed by atoms with Gasteiger partial charge in [-0.15, -0.1) is 0 Å². The van der Waals surface area contributed by atoms with E-state index in [1.165, 1.54) is 19.2 Å². The summed E-state index contributed by atoms with van der Waals surface area (Å²) in [5.74, 6) is 1.44. The van der Waals surface area contributed by atoms with Gasteiger partial charge in [-0.25, -0.2) is 8.42 Å². The predicted octanol–water partition coefficient (Wildman–Crippen LogP) is 4.79. The van der Waals surface area contributed by atoms with Crippen molar-refractivity contribution in [1.29, 1.82) is 0 Å². The van der Waals surface area contributed by atoms with Gasteiger partial charge in [0.15, 0.2) is 0 Å². The molecule has 1 saturated carbocycles. The van der Waals surface area contributed by atoms with Gasteiger partial charge in [0.25, 0.3) is 15.7 Å². The second kappa shape index (κ2) is 8.51. The van der Waals surface area contributed by atoms with Crippen molar-refractivity contribution in [3.8, 4) is 5.75 Å². The maximum atomic E-state index is 13.2. The molecule has 0 heterocycles. The van der Waals surface area contributed by atoms with Crippen LogP contribution < -0.4 is 14.9 Å². The number of benzene rings is 2. The van der Waals surface area contributed by atoms with Crippen LogP contribution in [-0.4, -0.2) is 26.7 Å². The van der Waals surface area contributed by atoms with E-state index >= 15 is 0 Å². The summed E-state index contributed by atoms with van der Waals surface area (Å²) in [4.78, 5) is 10.4. The summed E-state index contributed by atoms with van der Waals surface area (Å²) in [7, 11) is -2.77. The molecule has 1 fully saturated rings. The van der Waals surface area contributed by atoms with Gasteiger partial charge in [0.05, 0.1) is 29.6 Å². The minimum Gasteiger partial charge on any atom is -0.495 e. The highest BCUT2D eigenvalue weighted by Gasteiger charge is 2.50. The van der Waals surface area contributed by atoms with Crippen LogP contribution in [-0.2, 0) is 10.0 Å². The molecule has 0 saturated heterocycles. The van der Waals surface area contributed by atoms with Crippen molar-refractivity contribution < 1.29 is 18.1 Å². The first kappa shape index (κ1) is 22.8. The number of hydrazone groups is 1. The third-order valence-electron chi connectivity index (χ3n) is 6.73. The van der Waals surface area contributed by atoms with Crippen molar-refractivity contribution in [2.75, 3.05) is 17.3 Å². The quantitative estimate of drug-likeness (QED) is 0.325. The lowest BCUT2D eigenvalue weighted by Gasteiger charge is -2.55. The fourth-order valence-electron chi connectivity index (χ4n) is 4.59. The highest BCUT2D eigenvalue weighted by Crippen LogP contribution is 2.58. The molecule has 174 valence electrons. The molecule has 10 heteroatoms. The third kappa shape index (κ3) is 4.30. The molecular weight excluding hydrogens is 444 g/mol. The van der Waals surface area contributed by atoms with E-state index in [9.17, 15) is 18.5 Å². The highest BCUT2D eigenvalue weighted by molar-refractivity contribution is 7.93. The van der Waals surface area contributed by atoms with E-state index in [-0.39, 0.29) is 27.4 Å². The number of hydrogen-bond donors (Lipinski definition) is 2. The van der Waals surface area contributed by atoms with Gasteiger partial charge in [-0.3, -0.25) is 20.3 Å². The number of fused-ring (bicyclic) bond motifs is 1. The van der Waals surface area contributed by atoms with E-state index < -0.39 is 14.9 Å². The molecule has 5 rings (SSSR count). The summed E-state index contributed by atoms with van der Waals surface area (Å²) in [5, 5.41) is 15.6. The lowest BCUT2D eigenvalue weighted by Crippen LogP contribution is -2.48. The Kier molecular flexibility index (Phi) is 5.87. The summed E-state index contributed by atoms with van der Waals surface area (Å²) in [5.41, 5.74) is 4.12. The van der Waals surface area contributed by atoms with E-state index in [4.69, 9.17) is 4.74 Å². The van der Waals surface area contributed by atoms with E-state index in [2.05, 4.69) is 35.2 Å². The van der Waals surface area contributed by atoms with Gasteiger partial charge < -0.3 is 4.74 Å². The van der Waals surface area contributed by atoms with Gasteiger partial charge in [0.1, 0.15) is 10.6 Å². The van der Waals surface area contributed by atoms with Crippen LogP contribution in [0.15, 0.2) is 64.1 Å².